The smallest absolute Gasteiger partial charge is 0.104 e. The highest BCUT2D eigenvalue weighted by Crippen LogP contribution is 2.31. The lowest BCUT2D eigenvalue weighted by Crippen LogP contribution is -2.02. The van der Waals surface area contributed by atoms with Gasteiger partial charge in [0.1, 0.15) is 12.2 Å². The molecule has 3 aromatic rings. The van der Waals surface area contributed by atoms with E-state index < -0.39 is 6.10 Å². The average molecular weight is 388 g/mol. The zero-order valence-corrected chi connectivity index (χ0v) is 16.3. The minimum absolute atomic E-state index is 0.375. The average Bonchev–Trinajstić information content (AvgIpc) is 2.70. The van der Waals surface area contributed by atoms with Gasteiger partial charge < -0.3 is 16.6 Å². The molecule has 0 aliphatic carbocycles. The first-order chi connectivity index (χ1) is 13.5. The second-order valence-electron chi connectivity index (χ2n) is 6.46. The number of nitrogens with zero attached hydrogens (tertiary/aromatic N) is 1. The van der Waals surface area contributed by atoms with E-state index in [1.165, 1.54) is 11.8 Å². The zero-order valence-electron chi connectivity index (χ0n) is 15.5. The summed E-state index contributed by atoms with van der Waals surface area (Å²) >= 11 is 1.31. The lowest BCUT2D eigenvalue weighted by atomic mass is 9.97. The maximum atomic E-state index is 10.7. The van der Waals surface area contributed by atoms with Crippen molar-refractivity contribution < 1.29 is 5.11 Å². The summed E-state index contributed by atoms with van der Waals surface area (Å²) in [4.78, 5) is 0.898. The molecular weight excluding hydrogens is 366 g/mol. The van der Waals surface area contributed by atoms with Crippen molar-refractivity contribution in [3.05, 3.63) is 100 Å². The van der Waals surface area contributed by atoms with Gasteiger partial charge in [0.05, 0.1) is 10.6 Å². The van der Waals surface area contributed by atoms with Crippen molar-refractivity contribution in [3.8, 4) is 6.07 Å². The number of nitrogens with two attached hydrogens (primary N) is 2. The lowest BCUT2D eigenvalue weighted by Gasteiger charge is -2.13. The largest absolute Gasteiger partial charge is 0.399 e. The van der Waals surface area contributed by atoms with Crippen molar-refractivity contribution in [2.75, 3.05) is 5.73 Å². The molecule has 0 heterocycles. The van der Waals surface area contributed by atoms with Crippen LogP contribution in [0.25, 0.3) is 5.57 Å². The van der Waals surface area contributed by atoms with Crippen LogP contribution in [0.1, 0.15) is 28.4 Å². The maximum Gasteiger partial charge on any atom is 0.104 e. The Balaban J connectivity index is 1.91. The highest BCUT2D eigenvalue weighted by molar-refractivity contribution is 8.03. The van der Waals surface area contributed by atoms with Crippen LogP contribution in [0.3, 0.4) is 0 Å². The van der Waals surface area contributed by atoms with E-state index in [4.69, 9.17) is 11.5 Å². The van der Waals surface area contributed by atoms with Gasteiger partial charge in [-0.1, -0.05) is 59.8 Å². The first-order valence-corrected chi connectivity index (χ1v) is 9.58. The number of aliphatic hydroxyl groups is 1. The van der Waals surface area contributed by atoms with Gasteiger partial charge in [0, 0.05) is 10.6 Å². The normalized spacial score (nSPS) is 12.8. The fraction of sp³-hybridized carbons (Fsp3) is 0.0870. The van der Waals surface area contributed by atoms with E-state index in [-0.39, 0.29) is 0 Å². The van der Waals surface area contributed by atoms with Gasteiger partial charge in [0.2, 0.25) is 0 Å². The number of aliphatic hydroxyl groups excluding tert-OH is 1. The molecule has 28 heavy (non-hydrogen) atoms. The SMILES string of the molecule is Cc1ccc(C(O)c2cccc(/C(C#N)=C(\N)Sc3ccc(N)cc3)c2)cc1. The molecule has 5 heteroatoms. The van der Waals surface area contributed by atoms with Crippen molar-refractivity contribution in [1.29, 1.82) is 5.26 Å². The topological polar surface area (TPSA) is 96.1 Å². The summed E-state index contributed by atoms with van der Waals surface area (Å²) in [5.74, 6) is 0. The van der Waals surface area contributed by atoms with Crippen molar-refractivity contribution in [3.63, 3.8) is 0 Å². The molecule has 0 aliphatic rings. The number of hydrogen-bond donors (Lipinski definition) is 3. The minimum Gasteiger partial charge on any atom is -0.399 e. The Morgan fingerprint density at radius 3 is 2.32 bits per heavy atom. The summed E-state index contributed by atoms with van der Waals surface area (Å²) in [6, 6.07) is 24.5. The summed E-state index contributed by atoms with van der Waals surface area (Å²) < 4.78 is 0. The predicted molar refractivity (Wildman–Crippen MR) is 115 cm³/mol. The van der Waals surface area contributed by atoms with E-state index in [0.717, 1.165) is 16.0 Å². The first-order valence-electron chi connectivity index (χ1n) is 8.76. The van der Waals surface area contributed by atoms with Crippen LogP contribution in [-0.2, 0) is 0 Å². The van der Waals surface area contributed by atoms with Crippen LogP contribution in [0.4, 0.5) is 5.69 Å². The van der Waals surface area contributed by atoms with Crippen LogP contribution in [0.15, 0.2) is 82.7 Å². The second-order valence-corrected chi connectivity index (χ2v) is 7.58. The lowest BCUT2D eigenvalue weighted by molar-refractivity contribution is 0.220. The highest BCUT2D eigenvalue weighted by atomic mass is 32.2. The zero-order chi connectivity index (χ0) is 20.1. The van der Waals surface area contributed by atoms with Crippen LogP contribution >= 0.6 is 11.8 Å². The molecule has 4 nitrogen and oxygen atoms in total. The van der Waals surface area contributed by atoms with Crippen LogP contribution < -0.4 is 11.5 Å². The van der Waals surface area contributed by atoms with Gasteiger partial charge in [-0.2, -0.15) is 5.26 Å². The van der Waals surface area contributed by atoms with Crippen LogP contribution in [0, 0.1) is 18.3 Å². The number of hydrogen-bond acceptors (Lipinski definition) is 5. The van der Waals surface area contributed by atoms with E-state index in [2.05, 4.69) is 6.07 Å². The Bertz CT molecular complexity index is 1030. The molecule has 0 saturated carbocycles. The number of rotatable bonds is 5. The molecule has 0 saturated heterocycles. The maximum absolute atomic E-state index is 10.7. The fourth-order valence-corrected chi connectivity index (χ4v) is 3.57. The fourth-order valence-electron chi connectivity index (χ4n) is 2.78. The van der Waals surface area contributed by atoms with E-state index >= 15 is 0 Å². The molecule has 0 radical (unpaired) electrons. The van der Waals surface area contributed by atoms with Gasteiger partial charge in [0.15, 0.2) is 0 Å². The Morgan fingerprint density at radius 2 is 1.68 bits per heavy atom. The Kier molecular flexibility index (Phi) is 6.05. The van der Waals surface area contributed by atoms with Crippen molar-refractivity contribution in [2.24, 2.45) is 5.73 Å². The number of allylic oxidation sites excluding steroid dienone is 1. The summed E-state index contributed by atoms with van der Waals surface area (Å²) in [5.41, 5.74) is 16.3. The Labute approximate surface area is 169 Å². The van der Waals surface area contributed by atoms with Gasteiger partial charge in [-0.3, -0.25) is 0 Å². The molecule has 0 spiro atoms. The minimum atomic E-state index is -0.772. The molecular formula is C23H21N3OS. The number of nitriles is 1. The quantitative estimate of drug-likeness (QED) is 0.338. The molecule has 3 rings (SSSR count). The number of thioether (sulfide) groups is 1. The third-order valence-electron chi connectivity index (χ3n) is 4.35. The van der Waals surface area contributed by atoms with E-state index in [0.29, 0.717) is 27.4 Å². The number of aryl methyl sites for hydroxylation is 1. The van der Waals surface area contributed by atoms with E-state index in [1.54, 1.807) is 18.2 Å². The Morgan fingerprint density at radius 1 is 1.00 bits per heavy atom. The van der Waals surface area contributed by atoms with Crippen molar-refractivity contribution in [2.45, 2.75) is 17.9 Å². The third kappa shape index (κ3) is 4.55. The highest BCUT2D eigenvalue weighted by Gasteiger charge is 2.14. The van der Waals surface area contributed by atoms with Crippen molar-refractivity contribution in [1.82, 2.24) is 0 Å². The van der Waals surface area contributed by atoms with Gasteiger partial charge in [-0.15, -0.1) is 0 Å². The molecule has 3 aromatic carbocycles. The van der Waals surface area contributed by atoms with Gasteiger partial charge in [0.25, 0.3) is 0 Å². The number of nitrogen functional groups attached to an aromatic ring is 1. The molecule has 0 amide bonds. The molecule has 0 aliphatic heterocycles. The van der Waals surface area contributed by atoms with Gasteiger partial charge in [-0.05, 0) is 53.9 Å². The third-order valence-corrected chi connectivity index (χ3v) is 5.28. The van der Waals surface area contributed by atoms with Crippen LogP contribution in [0.5, 0.6) is 0 Å². The summed E-state index contributed by atoms with van der Waals surface area (Å²) in [5, 5.41) is 20.8. The van der Waals surface area contributed by atoms with Gasteiger partial charge >= 0.3 is 0 Å². The standard InChI is InChI=1S/C23H21N3OS/c1-15-5-7-16(8-6-15)22(27)18-4-2-3-17(13-18)21(14-24)23(26)28-20-11-9-19(25)10-12-20/h2-13,22,27H,25-26H2,1H3/b23-21+. The van der Waals surface area contributed by atoms with E-state index in [9.17, 15) is 10.4 Å². The predicted octanol–water partition coefficient (Wildman–Crippen LogP) is 4.60. The van der Waals surface area contributed by atoms with Crippen molar-refractivity contribution >= 4 is 23.0 Å². The molecule has 0 bridgehead atoms. The summed E-state index contributed by atoms with van der Waals surface area (Å²) in [7, 11) is 0. The molecule has 0 aromatic heterocycles. The summed E-state index contributed by atoms with van der Waals surface area (Å²) in [6.45, 7) is 2.00. The van der Waals surface area contributed by atoms with Gasteiger partial charge in [-0.25, -0.2) is 0 Å². The molecule has 0 fully saturated rings. The second kappa shape index (κ2) is 8.66. The van der Waals surface area contributed by atoms with Crippen LogP contribution in [-0.4, -0.2) is 5.11 Å². The monoisotopic (exact) mass is 387 g/mol. The summed E-state index contributed by atoms with van der Waals surface area (Å²) in [6.07, 6.45) is -0.772. The van der Waals surface area contributed by atoms with E-state index in [1.807, 2.05) is 61.5 Å². The number of benzene rings is 3. The Hall–Kier alpha value is -3.20. The molecule has 1 atom stereocenters. The first kappa shape index (κ1) is 19.6. The number of anilines is 1. The molecule has 5 N–H and O–H groups in total. The van der Waals surface area contributed by atoms with Crippen LogP contribution in [0.2, 0.25) is 0 Å². The molecule has 1 unspecified atom stereocenters. The molecule has 140 valence electrons.